The molecule has 0 saturated carbocycles. The first-order valence-corrected chi connectivity index (χ1v) is 6.20. The number of halogens is 3. The summed E-state index contributed by atoms with van der Waals surface area (Å²) in [6.07, 6.45) is -0.900. The Labute approximate surface area is 109 Å². The highest BCUT2D eigenvalue weighted by Gasteiger charge is 2.29. The van der Waals surface area contributed by atoms with E-state index in [0.29, 0.717) is 0 Å². The van der Waals surface area contributed by atoms with Gasteiger partial charge >= 0.3 is 6.18 Å². The topological polar surface area (TPSA) is 46.1 Å². The van der Waals surface area contributed by atoms with Gasteiger partial charge in [0.1, 0.15) is 12.2 Å². The van der Waals surface area contributed by atoms with Gasteiger partial charge in [0, 0.05) is 12.2 Å². The average molecular weight is 275 g/mol. The molecule has 4 nitrogen and oxygen atoms in total. The van der Waals surface area contributed by atoms with Crippen molar-refractivity contribution in [1.82, 2.24) is 15.2 Å². The van der Waals surface area contributed by atoms with Crippen molar-refractivity contribution in [1.29, 1.82) is 0 Å². The zero-order valence-electron chi connectivity index (χ0n) is 10.3. The lowest BCUT2D eigenvalue weighted by atomic mass is 10.1. The summed E-state index contributed by atoms with van der Waals surface area (Å²) in [6, 6.07) is 3.40. The highest BCUT2D eigenvalue weighted by molar-refractivity contribution is 5.92. The van der Waals surface area contributed by atoms with E-state index in [1.165, 1.54) is 0 Å². The maximum Gasteiger partial charge on any atom is 0.405 e. The van der Waals surface area contributed by atoms with Crippen molar-refractivity contribution >= 4 is 5.91 Å². The Hall–Kier alpha value is -1.50. The van der Waals surface area contributed by atoms with Crippen LogP contribution in [-0.4, -0.2) is 36.3 Å². The summed E-state index contributed by atoms with van der Waals surface area (Å²) in [6.45, 7) is 0.405. The highest BCUT2D eigenvalue weighted by atomic mass is 19.4. The number of nitrogens with zero attached hydrogens (tertiary/aromatic N) is 1. The predicted octanol–water partition coefficient (Wildman–Crippen LogP) is 1.70. The summed E-state index contributed by atoms with van der Waals surface area (Å²) in [5.41, 5.74) is 0.288. The first-order chi connectivity index (χ1) is 8.97. The van der Waals surface area contributed by atoms with Crippen LogP contribution in [0.25, 0.3) is 0 Å². The molecule has 1 aromatic heterocycles. The van der Waals surface area contributed by atoms with Crippen molar-refractivity contribution in [2.45, 2.75) is 25.1 Å². The lowest BCUT2D eigenvalue weighted by Crippen LogP contribution is -2.36. The minimum atomic E-state index is -4.39. The molecule has 19 heavy (non-hydrogen) atoms. The summed E-state index contributed by atoms with van der Waals surface area (Å²) in [5, 5.41) is 5.11. The molecule has 2 heterocycles. The SMILES string of the molecule is O=C(NCC(F)(F)F)c1cccn1C1CCNCC1. The van der Waals surface area contributed by atoms with Gasteiger partial charge in [0.2, 0.25) is 0 Å². The van der Waals surface area contributed by atoms with E-state index >= 15 is 0 Å². The third-order valence-electron chi connectivity index (χ3n) is 3.16. The van der Waals surface area contributed by atoms with Gasteiger partial charge in [0.25, 0.3) is 5.91 Å². The Morgan fingerprint density at radius 3 is 2.74 bits per heavy atom. The Balaban J connectivity index is 2.04. The van der Waals surface area contributed by atoms with E-state index in [1.807, 2.05) is 5.32 Å². The number of aromatic nitrogens is 1. The zero-order valence-corrected chi connectivity index (χ0v) is 10.3. The largest absolute Gasteiger partial charge is 0.405 e. The van der Waals surface area contributed by atoms with Gasteiger partial charge in [0.15, 0.2) is 0 Å². The molecule has 0 unspecified atom stereocenters. The third kappa shape index (κ3) is 3.73. The lowest BCUT2D eigenvalue weighted by Gasteiger charge is -2.26. The summed E-state index contributed by atoms with van der Waals surface area (Å²) >= 11 is 0. The fourth-order valence-corrected chi connectivity index (χ4v) is 2.26. The van der Waals surface area contributed by atoms with Crippen LogP contribution in [0.1, 0.15) is 29.4 Å². The third-order valence-corrected chi connectivity index (χ3v) is 3.16. The van der Waals surface area contributed by atoms with Crippen molar-refractivity contribution in [2.75, 3.05) is 19.6 Å². The van der Waals surface area contributed by atoms with E-state index in [4.69, 9.17) is 0 Å². The summed E-state index contributed by atoms with van der Waals surface area (Å²) in [4.78, 5) is 11.8. The van der Waals surface area contributed by atoms with Crippen molar-refractivity contribution < 1.29 is 18.0 Å². The summed E-state index contributed by atoms with van der Waals surface area (Å²) in [5.74, 6) is -0.680. The quantitative estimate of drug-likeness (QED) is 0.882. The number of amides is 1. The molecule has 2 N–H and O–H groups in total. The molecule has 1 fully saturated rings. The van der Waals surface area contributed by atoms with Crippen molar-refractivity contribution in [3.8, 4) is 0 Å². The molecule has 2 rings (SSSR count). The van der Waals surface area contributed by atoms with Crippen LogP contribution in [0.3, 0.4) is 0 Å². The molecular formula is C12H16F3N3O. The van der Waals surface area contributed by atoms with E-state index < -0.39 is 18.6 Å². The molecular weight excluding hydrogens is 259 g/mol. The van der Waals surface area contributed by atoms with Crippen LogP contribution >= 0.6 is 0 Å². The molecule has 106 valence electrons. The normalized spacial score (nSPS) is 17.4. The molecule has 0 aliphatic carbocycles. The van der Waals surface area contributed by atoms with Crippen LogP contribution in [0.5, 0.6) is 0 Å². The fourth-order valence-electron chi connectivity index (χ4n) is 2.26. The Morgan fingerprint density at radius 1 is 1.42 bits per heavy atom. The van der Waals surface area contributed by atoms with E-state index in [0.717, 1.165) is 25.9 Å². The first kappa shape index (κ1) is 13.9. The molecule has 1 saturated heterocycles. The van der Waals surface area contributed by atoms with Gasteiger partial charge in [-0.05, 0) is 38.1 Å². The van der Waals surface area contributed by atoms with E-state index in [1.54, 1.807) is 22.9 Å². The van der Waals surface area contributed by atoms with Crippen LogP contribution in [0.4, 0.5) is 13.2 Å². The highest BCUT2D eigenvalue weighted by Crippen LogP contribution is 2.21. The van der Waals surface area contributed by atoms with Crippen LogP contribution in [0.15, 0.2) is 18.3 Å². The molecule has 0 radical (unpaired) electrons. The molecule has 1 amide bonds. The summed E-state index contributed by atoms with van der Waals surface area (Å²) in [7, 11) is 0. The average Bonchev–Trinajstić information content (AvgIpc) is 2.85. The van der Waals surface area contributed by atoms with Gasteiger partial charge in [-0.15, -0.1) is 0 Å². The molecule has 1 aliphatic rings. The molecule has 1 aromatic rings. The number of alkyl halides is 3. The minimum Gasteiger partial charge on any atom is -0.342 e. The predicted molar refractivity (Wildman–Crippen MR) is 64.0 cm³/mol. The van der Waals surface area contributed by atoms with Crippen LogP contribution in [-0.2, 0) is 0 Å². The number of piperidine rings is 1. The van der Waals surface area contributed by atoms with Crippen LogP contribution in [0, 0.1) is 0 Å². The zero-order chi connectivity index (χ0) is 13.9. The maximum atomic E-state index is 12.1. The van der Waals surface area contributed by atoms with Crippen molar-refractivity contribution in [3.05, 3.63) is 24.0 Å². The number of carbonyl (C=O) groups is 1. The smallest absolute Gasteiger partial charge is 0.342 e. The van der Waals surface area contributed by atoms with Crippen LogP contribution < -0.4 is 10.6 Å². The second-order valence-electron chi connectivity index (χ2n) is 4.58. The summed E-state index contributed by atoms with van der Waals surface area (Å²) < 4.78 is 38.0. The molecule has 0 bridgehead atoms. The van der Waals surface area contributed by atoms with Gasteiger partial charge in [-0.2, -0.15) is 13.2 Å². The van der Waals surface area contributed by atoms with Gasteiger partial charge in [-0.25, -0.2) is 0 Å². The Kier molecular flexibility index (Phi) is 4.14. The number of carbonyl (C=O) groups excluding carboxylic acids is 1. The molecule has 1 aliphatic heterocycles. The first-order valence-electron chi connectivity index (χ1n) is 6.20. The number of hydrogen-bond donors (Lipinski definition) is 2. The van der Waals surface area contributed by atoms with E-state index in [-0.39, 0.29) is 11.7 Å². The van der Waals surface area contributed by atoms with Crippen molar-refractivity contribution in [2.24, 2.45) is 0 Å². The minimum absolute atomic E-state index is 0.169. The van der Waals surface area contributed by atoms with Gasteiger partial charge in [0.05, 0.1) is 0 Å². The fraction of sp³-hybridized carbons (Fsp3) is 0.583. The molecule has 0 aromatic carbocycles. The van der Waals surface area contributed by atoms with E-state index in [2.05, 4.69) is 5.32 Å². The lowest BCUT2D eigenvalue weighted by molar-refractivity contribution is -0.123. The number of rotatable bonds is 3. The van der Waals surface area contributed by atoms with E-state index in [9.17, 15) is 18.0 Å². The molecule has 0 spiro atoms. The monoisotopic (exact) mass is 275 g/mol. The Morgan fingerprint density at radius 2 is 2.11 bits per heavy atom. The standard InChI is InChI=1S/C12H16F3N3O/c13-12(14,15)8-17-11(19)10-2-1-7-18(10)9-3-5-16-6-4-9/h1-2,7,9,16H,3-6,8H2,(H,17,19). The molecule has 0 atom stereocenters. The second-order valence-corrected chi connectivity index (χ2v) is 4.58. The number of nitrogens with one attached hydrogen (secondary N) is 2. The van der Waals surface area contributed by atoms with Gasteiger partial charge < -0.3 is 15.2 Å². The molecule has 7 heteroatoms. The van der Waals surface area contributed by atoms with Gasteiger partial charge in [-0.3, -0.25) is 4.79 Å². The van der Waals surface area contributed by atoms with Gasteiger partial charge in [-0.1, -0.05) is 0 Å². The van der Waals surface area contributed by atoms with Crippen LogP contribution in [0.2, 0.25) is 0 Å². The Bertz CT molecular complexity index is 436. The second kappa shape index (κ2) is 5.64. The number of hydrogen-bond acceptors (Lipinski definition) is 2. The maximum absolute atomic E-state index is 12.1. The van der Waals surface area contributed by atoms with Crippen molar-refractivity contribution in [3.63, 3.8) is 0 Å².